The van der Waals surface area contributed by atoms with Crippen LogP contribution in [0.4, 0.5) is 5.69 Å². The molecule has 1 saturated heterocycles. The van der Waals surface area contributed by atoms with Crippen molar-refractivity contribution < 1.29 is 19.1 Å². The van der Waals surface area contributed by atoms with Gasteiger partial charge in [0.15, 0.2) is 0 Å². The lowest BCUT2D eigenvalue weighted by molar-refractivity contribution is -0.122. The Hall–Kier alpha value is -3.73. The third-order valence-electron chi connectivity index (χ3n) is 6.59. The standard InChI is InChI=1S/C28H25NO4/c30-26-24-8-4-5-9-25(24)27(31)29(26)22-14-12-21(13-15-22)28(32)33-23-16-10-20(11-17-23)18-19-6-2-1-3-7-19/h1-3,6-7,10-17,24-25H,4-5,8-9,18H2/t24-,25+. The molecule has 5 rings (SSSR count). The lowest BCUT2D eigenvalue weighted by Crippen LogP contribution is -2.30. The van der Waals surface area contributed by atoms with Gasteiger partial charge in [-0.15, -0.1) is 0 Å². The molecular formula is C28H25NO4. The maximum Gasteiger partial charge on any atom is 0.343 e. The molecule has 3 aromatic carbocycles. The first-order chi connectivity index (χ1) is 16.1. The maximum absolute atomic E-state index is 12.8. The Labute approximate surface area is 193 Å². The molecule has 1 aliphatic heterocycles. The first-order valence-corrected chi connectivity index (χ1v) is 11.4. The summed E-state index contributed by atoms with van der Waals surface area (Å²) in [6, 6.07) is 24.1. The van der Waals surface area contributed by atoms with E-state index in [2.05, 4.69) is 12.1 Å². The molecule has 1 heterocycles. The molecule has 0 aromatic heterocycles. The number of amides is 2. The number of ether oxygens (including phenoxy) is 1. The molecule has 3 aromatic rings. The first-order valence-electron chi connectivity index (χ1n) is 11.4. The molecule has 1 saturated carbocycles. The van der Waals surface area contributed by atoms with Gasteiger partial charge in [-0.2, -0.15) is 0 Å². The summed E-state index contributed by atoms with van der Waals surface area (Å²) in [5.41, 5.74) is 3.23. The summed E-state index contributed by atoms with van der Waals surface area (Å²) in [5.74, 6) is -0.632. The van der Waals surface area contributed by atoms with E-state index >= 15 is 0 Å². The summed E-state index contributed by atoms with van der Waals surface area (Å²) < 4.78 is 5.50. The summed E-state index contributed by atoms with van der Waals surface area (Å²) in [5, 5.41) is 0. The predicted octanol–water partition coefficient (Wildman–Crippen LogP) is 5.18. The van der Waals surface area contributed by atoms with Crippen molar-refractivity contribution >= 4 is 23.5 Å². The normalized spacial score (nSPS) is 19.9. The van der Waals surface area contributed by atoms with Crippen molar-refractivity contribution in [1.82, 2.24) is 0 Å². The van der Waals surface area contributed by atoms with Gasteiger partial charge in [0.1, 0.15) is 5.75 Å². The zero-order valence-electron chi connectivity index (χ0n) is 18.3. The molecule has 2 aliphatic rings. The van der Waals surface area contributed by atoms with Crippen LogP contribution in [0.3, 0.4) is 0 Å². The summed E-state index contributed by atoms with van der Waals surface area (Å²) in [6.07, 6.45) is 4.35. The zero-order valence-corrected chi connectivity index (χ0v) is 18.3. The number of hydrogen-bond donors (Lipinski definition) is 0. The maximum atomic E-state index is 12.8. The van der Waals surface area contributed by atoms with E-state index in [1.54, 1.807) is 36.4 Å². The summed E-state index contributed by atoms with van der Waals surface area (Å²) in [6.45, 7) is 0. The van der Waals surface area contributed by atoms with Crippen molar-refractivity contribution in [3.8, 4) is 5.75 Å². The predicted molar refractivity (Wildman–Crippen MR) is 125 cm³/mol. The Morgan fingerprint density at radius 2 is 1.33 bits per heavy atom. The van der Waals surface area contributed by atoms with Gasteiger partial charge in [-0.05, 0) is 66.8 Å². The van der Waals surface area contributed by atoms with E-state index in [-0.39, 0.29) is 23.7 Å². The Morgan fingerprint density at radius 3 is 1.94 bits per heavy atom. The number of benzene rings is 3. The van der Waals surface area contributed by atoms with E-state index in [1.165, 1.54) is 10.5 Å². The van der Waals surface area contributed by atoms with Crippen LogP contribution in [0.5, 0.6) is 5.75 Å². The van der Waals surface area contributed by atoms with Crippen molar-refractivity contribution in [3.05, 3.63) is 95.6 Å². The molecule has 5 heteroatoms. The minimum absolute atomic E-state index is 0.115. The molecule has 166 valence electrons. The van der Waals surface area contributed by atoms with E-state index in [9.17, 15) is 14.4 Å². The topological polar surface area (TPSA) is 63.7 Å². The van der Waals surface area contributed by atoms with Crippen LogP contribution in [0, 0.1) is 11.8 Å². The fourth-order valence-electron chi connectivity index (χ4n) is 4.84. The van der Waals surface area contributed by atoms with Crippen LogP contribution in [-0.4, -0.2) is 17.8 Å². The van der Waals surface area contributed by atoms with E-state index in [4.69, 9.17) is 4.74 Å². The van der Waals surface area contributed by atoms with Crippen LogP contribution in [0.1, 0.15) is 47.2 Å². The van der Waals surface area contributed by atoms with Gasteiger partial charge in [0.2, 0.25) is 11.8 Å². The SMILES string of the molecule is O=C(Oc1ccc(Cc2ccccc2)cc1)c1ccc(N2C(=O)[C@H]3CCCC[C@H]3C2=O)cc1. The van der Waals surface area contributed by atoms with E-state index < -0.39 is 5.97 Å². The molecule has 2 atom stereocenters. The lowest BCUT2D eigenvalue weighted by atomic mass is 9.81. The highest BCUT2D eigenvalue weighted by Crippen LogP contribution is 2.40. The Kier molecular flexibility index (Phi) is 5.78. The number of carbonyl (C=O) groups excluding carboxylic acids is 3. The number of fused-ring (bicyclic) bond motifs is 1. The van der Waals surface area contributed by atoms with E-state index in [1.807, 2.05) is 30.3 Å². The van der Waals surface area contributed by atoms with Gasteiger partial charge < -0.3 is 4.74 Å². The molecule has 0 spiro atoms. The Morgan fingerprint density at radius 1 is 0.758 bits per heavy atom. The van der Waals surface area contributed by atoms with E-state index in [0.29, 0.717) is 17.0 Å². The third kappa shape index (κ3) is 4.31. The largest absolute Gasteiger partial charge is 0.423 e. The van der Waals surface area contributed by atoms with Gasteiger partial charge in [-0.25, -0.2) is 4.79 Å². The molecule has 0 bridgehead atoms. The average molecular weight is 440 g/mol. The molecular weight excluding hydrogens is 414 g/mol. The number of rotatable bonds is 5. The van der Waals surface area contributed by atoms with Crippen molar-refractivity contribution in [2.24, 2.45) is 11.8 Å². The first kappa shape index (κ1) is 21.1. The van der Waals surface area contributed by atoms with Crippen molar-refractivity contribution in [3.63, 3.8) is 0 Å². The van der Waals surface area contributed by atoms with Crippen LogP contribution in [0.25, 0.3) is 0 Å². The number of hydrogen-bond acceptors (Lipinski definition) is 4. The number of carbonyl (C=O) groups is 3. The van der Waals surface area contributed by atoms with Crippen molar-refractivity contribution in [2.45, 2.75) is 32.1 Å². The van der Waals surface area contributed by atoms with Gasteiger partial charge in [-0.3, -0.25) is 14.5 Å². The monoisotopic (exact) mass is 439 g/mol. The summed E-state index contributed by atoms with van der Waals surface area (Å²) >= 11 is 0. The van der Waals surface area contributed by atoms with Crippen molar-refractivity contribution in [2.75, 3.05) is 4.90 Å². The average Bonchev–Trinajstić information content (AvgIpc) is 3.11. The molecule has 2 amide bonds. The van der Waals surface area contributed by atoms with E-state index in [0.717, 1.165) is 37.7 Å². The van der Waals surface area contributed by atoms with Crippen LogP contribution in [0.2, 0.25) is 0 Å². The van der Waals surface area contributed by atoms with Crippen LogP contribution in [0.15, 0.2) is 78.9 Å². The molecule has 0 radical (unpaired) electrons. The third-order valence-corrected chi connectivity index (χ3v) is 6.59. The summed E-state index contributed by atoms with van der Waals surface area (Å²) in [7, 11) is 0. The van der Waals surface area contributed by atoms with Gasteiger partial charge in [-0.1, -0.05) is 55.3 Å². The highest BCUT2D eigenvalue weighted by molar-refractivity contribution is 6.22. The van der Waals surface area contributed by atoms with Crippen molar-refractivity contribution in [1.29, 1.82) is 0 Å². The minimum Gasteiger partial charge on any atom is -0.423 e. The molecule has 1 aliphatic carbocycles. The van der Waals surface area contributed by atoms with Gasteiger partial charge in [0, 0.05) is 0 Å². The van der Waals surface area contributed by atoms with Gasteiger partial charge in [0.05, 0.1) is 23.1 Å². The molecule has 33 heavy (non-hydrogen) atoms. The number of esters is 1. The smallest absolute Gasteiger partial charge is 0.343 e. The lowest BCUT2D eigenvalue weighted by Gasteiger charge is -2.19. The van der Waals surface area contributed by atoms with Gasteiger partial charge in [0.25, 0.3) is 0 Å². The van der Waals surface area contributed by atoms with Crippen LogP contribution < -0.4 is 9.64 Å². The number of imide groups is 1. The minimum atomic E-state index is -0.481. The zero-order chi connectivity index (χ0) is 22.8. The number of nitrogens with zero attached hydrogens (tertiary/aromatic N) is 1. The quantitative estimate of drug-likeness (QED) is 0.312. The van der Waals surface area contributed by atoms with Crippen LogP contribution in [-0.2, 0) is 16.0 Å². The molecule has 2 fully saturated rings. The fourth-order valence-corrected chi connectivity index (χ4v) is 4.84. The Balaban J connectivity index is 1.24. The second-order valence-electron chi connectivity index (χ2n) is 8.75. The van der Waals surface area contributed by atoms with Crippen LogP contribution >= 0.6 is 0 Å². The summed E-state index contributed by atoms with van der Waals surface area (Å²) in [4.78, 5) is 39.4. The second-order valence-corrected chi connectivity index (χ2v) is 8.75. The highest BCUT2D eigenvalue weighted by Gasteiger charge is 2.48. The fraction of sp³-hybridized carbons (Fsp3) is 0.250. The molecule has 0 unspecified atom stereocenters. The van der Waals surface area contributed by atoms with Gasteiger partial charge >= 0.3 is 5.97 Å². The highest BCUT2D eigenvalue weighted by atomic mass is 16.5. The molecule has 0 N–H and O–H groups in total. The Bertz CT molecular complexity index is 1140. The molecule has 5 nitrogen and oxygen atoms in total. The second kappa shape index (κ2) is 9.02. The number of anilines is 1.